The Morgan fingerprint density at radius 3 is 2.56 bits per heavy atom. The molecule has 132 valence electrons. The fourth-order valence-corrected chi connectivity index (χ4v) is 2.76. The van der Waals surface area contributed by atoms with Crippen LogP contribution in [-0.4, -0.2) is 36.0 Å². The van der Waals surface area contributed by atoms with Gasteiger partial charge in [0.25, 0.3) is 5.91 Å². The van der Waals surface area contributed by atoms with Crippen molar-refractivity contribution in [3.63, 3.8) is 0 Å². The largest absolute Gasteiger partial charge is 0.459 e. The Morgan fingerprint density at radius 2 is 1.88 bits per heavy atom. The maximum absolute atomic E-state index is 12.2. The number of hydrogen-bond donors (Lipinski definition) is 2. The Balaban J connectivity index is 1.35. The van der Waals surface area contributed by atoms with Crippen LogP contribution in [0.5, 0.6) is 0 Å². The van der Waals surface area contributed by atoms with Crippen molar-refractivity contribution in [2.45, 2.75) is 25.5 Å². The Morgan fingerprint density at radius 1 is 1.12 bits per heavy atom. The summed E-state index contributed by atoms with van der Waals surface area (Å²) in [5.74, 6) is 0.234. The minimum absolute atomic E-state index is 0.0148. The van der Waals surface area contributed by atoms with Crippen molar-refractivity contribution in [1.29, 1.82) is 0 Å². The molecule has 0 unspecified atom stereocenters. The molecule has 1 aromatic heterocycles. The summed E-state index contributed by atoms with van der Waals surface area (Å²) in [5, 5.41) is 2.86. The van der Waals surface area contributed by atoms with Gasteiger partial charge in [0, 0.05) is 19.1 Å². The fraction of sp³-hybridized carbons (Fsp3) is 0.333. The van der Waals surface area contributed by atoms with Crippen LogP contribution in [0.4, 0.5) is 4.79 Å². The van der Waals surface area contributed by atoms with Gasteiger partial charge in [0.2, 0.25) is 0 Å². The zero-order valence-corrected chi connectivity index (χ0v) is 13.8. The molecule has 1 fully saturated rings. The normalized spacial score (nSPS) is 15.0. The lowest BCUT2D eigenvalue weighted by molar-refractivity contribution is 0.0465. The van der Waals surface area contributed by atoms with Crippen LogP contribution in [0.25, 0.3) is 0 Å². The number of benzene rings is 1. The smallest absolute Gasteiger partial charge is 0.338 e. The Hall–Kier alpha value is -2.80. The summed E-state index contributed by atoms with van der Waals surface area (Å²) in [4.78, 5) is 31.0. The molecule has 7 nitrogen and oxygen atoms in total. The van der Waals surface area contributed by atoms with E-state index < -0.39 is 0 Å². The summed E-state index contributed by atoms with van der Waals surface area (Å²) in [5.41, 5.74) is 3.37. The number of urea groups is 1. The third-order valence-corrected chi connectivity index (χ3v) is 4.10. The number of hydrogen-bond acceptors (Lipinski definition) is 4. The fourth-order valence-electron chi connectivity index (χ4n) is 2.76. The maximum atomic E-state index is 12.2. The second-order valence-electron chi connectivity index (χ2n) is 5.89. The average molecular weight is 343 g/mol. The van der Waals surface area contributed by atoms with Gasteiger partial charge in [0.15, 0.2) is 5.76 Å². The van der Waals surface area contributed by atoms with Gasteiger partial charge < -0.3 is 14.6 Å². The van der Waals surface area contributed by atoms with E-state index in [1.165, 1.54) is 6.26 Å². The highest BCUT2D eigenvalue weighted by atomic mass is 16.7. The number of rotatable bonds is 5. The van der Waals surface area contributed by atoms with E-state index in [0.717, 1.165) is 5.56 Å². The van der Waals surface area contributed by atoms with E-state index in [9.17, 15) is 9.59 Å². The van der Waals surface area contributed by atoms with E-state index >= 15 is 0 Å². The van der Waals surface area contributed by atoms with Gasteiger partial charge in [0.1, 0.15) is 0 Å². The maximum Gasteiger partial charge on any atom is 0.338 e. The number of nitrogens with zero attached hydrogens (tertiary/aromatic N) is 1. The van der Waals surface area contributed by atoms with Gasteiger partial charge in [0.05, 0.1) is 12.9 Å². The molecular formula is C18H21N3O4. The van der Waals surface area contributed by atoms with Gasteiger partial charge in [-0.05, 0) is 30.5 Å². The molecule has 0 atom stereocenters. The zero-order valence-electron chi connectivity index (χ0n) is 13.8. The van der Waals surface area contributed by atoms with Crippen molar-refractivity contribution < 1.29 is 18.8 Å². The standard InChI is InChI=1S/C18H21N3O4/c22-17(16-7-4-12-24-16)21-10-8-15(9-11-21)19-18(23)20-25-13-14-5-2-1-3-6-14/h1-7,12,15H,8-11,13H2,(H2,19,20,23). The monoisotopic (exact) mass is 343 g/mol. The molecule has 0 radical (unpaired) electrons. The summed E-state index contributed by atoms with van der Waals surface area (Å²) >= 11 is 0. The van der Waals surface area contributed by atoms with E-state index in [2.05, 4.69) is 10.8 Å². The van der Waals surface area contributed by atoms with Crippen LogP contribution in [0.15, 0.2) is 53.1 Å². The number of carbonyl (C=O) groups excluding carboxylic acids is 2. The third kappa shape index (κ3) is 4.84. The highest BCUT2D eigenvalue weighted by molar-refractivity contribution is 5.91. The highest BCUT2D eigenvalue weighted by Crippen LogP contribution is 2.14. The molecule has 0 bridgehead atoms. The van der Waals surface area contributed by atoms with E-state index in [-0.39, 0.29) is 18.0 Å². The lowest BCUT2D eigenvalue weighted by Crippen LogP contribution is -2.49. The molecule has 0 spiro atoms. The quantitative estimate of drug-likeness (QED) is 0.816. The molecule has 25 heavy (non-hydrogen) atoms. The van der Waals surface area contributed by atoms with Crippen molar-refractivity contribution >= 4 is 11.9 Å². The second kappa shape index (κ2) is 8.34. The van der Waals surface area contributed by atoms with Crippen LogP contribution in [0.2, 0.25) is 0 Å². The minimum Gasteiger partial charge on any atom is -0.459 e. The first-order valence-electron chi connectivity index (χ1n) is 8.27. The first-order valence-corrected chi connectivity index (χ1v) is 8.27. The summed E-state index contributed by atoms with van der Waals surface area (Å²) in [7, 11) is 0. The average Bonchev–Trinajstić information content (AvgIpc) is 3.17. The van der Waals surface area contributed by atoms with Crippen LogP contribution in [-0.2, 0) is 11.4 Å². The molecule has 7 heteroatoms. The lowest BCUT2D eigenvalue weighted by atomic mass is 10.1. The summed E-state index contributed by atoms with van der Waals surface area (Å²) < 4.78 is 5.13. The lowest BCUT2D eigenvalue weighted by Gasteiger charge is -2.31. The van der Waals surface area contributed by atoms with Gasteiger partial charge in [-0.3, -0.25) is 9.63 Å². The van der Waals surface area contributed by atoms with Crippen molar-refractivity contribution in [3.05, 3.63) is 60.1 Å². The second-order valence-corrected chi connectivity index (χ2v) is 5.89. The number of furan rings is 1. The van der Waals surface area contributed by atoms with Gasteiger partial charge in [-0.2, -0.15) is 0 Å². The Bertz CT molecular complexity index is 680. The minimum atomic E-state index is -0.369. The number of piperidine rings is 1. The molecule has 0 saturated carbocycles. The molecule has 2 heterocycles. The predicted molar refractivity (Wildman–Crippen MR) is 90.5 cm³/mol. The Kier molecular flexibility index (Phi) is 5.69. The molecule has 3 rings (SSSR count). The van der Waals surface area contributed by atoms with E-state index in [1.807, 2.05) is 30.3 Å². The zero-order chi connectivity index (χ0) is 17.5. The topological polar surface area (TPSA) is 83.8 Å². The number of likely N-dealkylation sites (tertiary alicyclic amines) is 1. The van der Waals surface area contributed by atoms with Crippen molar-refractivity contribution in [1.82, 2.24) is 15.7 Å². The number of carbonyl (C=O) groups is 2. The predicted octanol–water partition coefficient (Wildman–Crippen LogP) is 2.32. The molecule has 1 aromatic carbocycles. The van der Waals surface area contributed by atoms with Crippen molar-refractivity contribution in [2.75, 3.05) is 13.1 Å². The molecule has 3 amide bonds. The summed E-state index contributed by atoms with van der Waals surface area (Å²) in [6.07, 6.45) is 2.87. The molecule has 1 aliphatic rings. The molecule has 2 N–H and O–H groups in total. The van der Waals surface area contributed by atoms with E-state index in [0.29, 0.717) is 38.3 Å². The summed E-state index contributed by atoms with van der Waals surface area (Å²) in [6, 6.07) is 12.6. The molecule has 0 aliphatic carbocycles. The first-order chi connectivity index (χ1) is 12.2. The SMILES string of the molecule is O=C(NOCc1ccccc1)NC1CCN(C(=O)c2ccco2)CC1. The van der Waals surface area contributed by atoms with Crippen molar-refractivity contribution in [2.24, 2.45) is 0 Å². The van der Waals surface area contributed by atoms with Crippen LogP contribution >= 0.6 is 0 Å². The highest BCUT2D eigenvalue weighted by Gasteiger charge is 2.25. The molecule has 1 saturated heterocycles. The number of amides is 3. The van der Waals surface area contributed by atoms with Gasteiger partial charge in [-0.1, -0.05) is 30.3 Å². The van der Waals surface area contributed by atoms with Gasteiger partial charge >= 0.3 is 6.03 Å². The Labute approximate surface area is 145 Å². The number of nitrogens with one attached hydrogen (secondary N) is 2. The number of hydroxylamine groups is 1. The third-order valence-electron chi connectivity index (χ3n) is 4.10. The van der Waals surface area contributed by atoms with E-state index in [1.54, 1.807) is 17.0 Å². The van der Waals surface area contributed by atoms with Crippen LogP contribution in [0.1, 0.15) is 29.0 Å². The van der Waals surface area contributed by atoms with Crippen LogP contribution in [0, 0.1) is 0 Å². The summed E-state index contributed by atoms with van der Waals surface area (Å²) in [6.45, 7) is 1.47. The van der Waals surface area contributed by atoms with E-state index in [4.69, 9.17) is 9.25 Å². The molecule has 2 aromatic rings. The molecule has 1 aliphatic heterocycles. The van der Waals surface area contributed by atoms with Crippen LogP contribution < -0.4 is 10.8 Å². The first kappa shape index (κ1) is 17.0. The van der Waals surface area contributed by atoms with Crippen LogP contribution in [0.3, 0.4) is 0 Å². The van der Waals surface area contributed by atoms with Gasteiger partial charge in [-0.15, -0.1) is 0 Å². The van der Waals surface area contributed by atoms with Crippen molar-refractivity contribution in [3.8, 4) is 0 Å². The molecular weight excluding hydrogens is 322 g/mol. The van der Waals surface area contributed by atoms with Gasteiger partial charge in [-0.25, -0.2) is 10.3 Å².